The molecule has 0 saturated heterocycles. The van der Waals surface area contributed by atoms with Gasteiger partial charge in [0.15, 0.2) is 0 Å². The van der Waals surface area contributed by atoms with Crippen LogP contribution in [0.1, 0.15) is 22.3 Å². The predicted octanol–water partition coefficient (Wildman–Crippen LogP) is 8.40. The molecular weight excluding hydrogens is 534 g/mol. The van der Waals surface area contributed by atoms with Crippen molar-refractivity contribution >= 4 is 28.4 Å². The highest BCUT2D eigenvalue weighted by Crippen LogP contribution is 2.55. The molecule has 3 nitrogen and oxygen atoms in total. The van der Waals surface area contributed by atoms with Crippen LogP contribution in [0, 0.1) is 0 Å². The maximum absolute atomic E-state index is 14.1. The lowest BCUT2D eigenvalue weighted by molar-refractivity contribution is -0.162. The summed E-state index contributed by atoms with van der Waals surface area (Å²) in [7, 11) is 0. The van der Waals surface area contributed by atoms with Crippen molar-refractivity contribution in [2.75, 3.05) is 16.4 Å². The summed E-state index contributed by atoms with van der Waals surface area (Å²) < 4.78 is 166. The van der Waals surface area contributed by atoms with Gasteiger partial charge >= 0.3 is 24.7 Å². The molecule has 0 amide bonds. The van der Waals surface area contributed by atoms with E-state index in [1.165, 1.54) is 6.07 Å². The molecular formula is C22H13F12N3. The minimum absolute atomic E-state index is 0.0367. The lowest BCUT2D eigenvalue weighted by Crippen LogP contribution is -2.27. The van der Waals surface area contributed by atoms with Crippen LogP contribution in [0.25, 0.3) is 0 Å². The summed E-state index contributed by atoms with van der Waals surface area (Å²) >= 11 is 0. The van der Waals surface area contributed by atoms with Gasteiger partial charge in [0.05, 0.1) is 45.0 Å². The van der Waals surface area contributed by atoms with E-state index in [1.807, 2.05) is 0 Å². The van der Waals surface area contributed by atoms with Crippen LogP contribution in [0.3, 0.4) is 0 Å². The molecule has 3 rings (SSSR count). The number of halogens is 12. The number of rotatable bonds is 3. The number of benzene rings is 3. The Morgan fingerprint density at radius 3 is 1.11 bits per heavy atom. The van der Waals surface area contributed by atoms with Crippen LogP contribution in [-0.4, -0.2) is 0 Å². The first-order valence-electron chi connectivity index (χ1n) is 9.75. The van der Waals surface area contributed by atoms with Crippen LogP contribution >= 0.6 is 0 Å². The van der Waals surface area contributed by atoms with E-state index >= 15 is 0 Å². The van der Waals surface area contributed by atoms with Crippen LogP contribution in [0.2, 0.25) is 0 Å². The summed E-state index contributed by atoms with van der Waals surface area (Å²) in [6, 6.07) is 5.76. The Balaban J connectivity index is 2.65. The topological polar surface area (TPSA) is 55.3 Å². The molecule has 4 N–H and O–H groups in total. The van der Waals surface area contributed by atoms with Gasteiger partial charge in [0.25, 0.3) is 0 Å². The van der Waals surface area contributed by atoms with Crippen molar-refractivity contribution in [3.05, 3.63) is 76.9 Å². The monoisotopic (exact) mass is 547 g/mol. The summed E-state index contributed by atoms with van der Waals surface area (Å²) in [4.78, 5) is -0.0964. The van der Waals surface area contributed by atoms with Gasteiger partial charge in [-0.2, -0.15) is 52.7 Å². The van der Waals surface area contributed by atoms with Crippen molar-refractivity contribution in [1.82, 2.24) is 0 Å². The molecule has 0 bridgehead atoms. The molecule has 37 heavy (non-hydrogen) atoms. The molecule has 0 heterocycles. The molecule has 0 atom stereocenters. The van der Waals surface area contributed by atoms with Crippen molar-refractivity contribution in [1.29, 1.82) is 0 Å². The maximum Gasteiger partial charge on any atom is 0.419 e. The third-order valence-electron chi connectivity index (χ3n) is 5.06. The fraction of sp³-hybridized carbons (Fsp3) is 0.182. The quantitative estimate of drug-likeness (QED) is 0.256. The fourth-order valence-corrected chi connectivity index (χ4v) is 3.69. The summed E-state index contributed by atoms with van der Waals surface area (Å²) in [6.07, 6.45) is -23.1. The average Bonchev–Trinajstić information content (AvgIpc) is 2.73. The Labute approximate surface area is 199 Å². The number of para-hydroxylation sites is 1. The van der Waals surface area contributed by atoms with Crippen molar-refractivity contribution in [2.24, 2.45) is 0 Å². The van der Waals surface area contributed by atoms with E-state index in [2.05, 4.69) is 0 Å². The molecule has 200 valence electrons. The second-order valence-electron chi connectivity index (χ2n) is 7.51. The molecule has 0 saturated carbocycles. The Kier molecular flexibility index (Phi) is 6.73. The van der Waals surface area contributed by atoms with Crippen molar-refractivity contribution in [3.8, 4) is 0 Å². The Hall–Kier alpha value is -3.78. The number of nitrogen functional groups attached to an aromatic ring is 2. The van der Waals surface area contributed by atoms with Crippen LogP contribution < -0.4 is 16.4 Å². The molecule has 0 fully saturated rings. The van der Waals surface area contributed by atoms with Gasteiger partial charge < -0.3 is 16.4 Å². The molecule has 0 aliphatic carbocycles. The molecule has 0 aliphatic rings. The third kappa shape index (κ3) is 5.34. The van der Waals surface area contributed by atoms with Gasteiger partial charge in [-0.05, 0) is 36.4 Å². The standard InChI is InChI=1S/C22H13F12N3/c23-19(24,25)11-6-8-13(35)17(15(11)21(29,30)31)37(10-4-2-1-3-5-10)18-14(36)9-7-12(20(26,27)28)16(18)22(32,33)34/h1-9H,35-36H2. The van der Waals surface area contributed by atoms with Gasteiger partial charge in [0.2, 0.25) is 0 Å². The lowest BCUT2D eigenvalue weighted by Gasteiger charge is -2.34. The van der Waals surface area contributed by atoms with Crippen LogP contribution in [0.15, 0.2) is 54.6 Å². The average molecular weight is 547 g/mol. The van der Waals surface area contributed by atoms with E-state index in [9.17, 15) is 52.7 Å². The number of alkyl halides is 12. The van der Waals surface area contributed by atoms with Crippen molar-refractivity contribution in [3.63, 3.8) is 0 Å². The van der Waals surface area contributed by atoms with Gasteiger partial charge in [-0.25, -0.2) is 0 Å². The number of anilines is 5. The first kappa shape index (κ1) is 27.8. The van der Waals surface area contributed by atoms with E-state index in [0.717, 1.165) is 24.3 Å². The van der Waals surface area contributed by atoms with Crippen molar-refractivity contribution < 1.29 is 52.7 Å². The zero-order chi connectivity index (χ0) is 28.1. The highest BCUT2D eigenvalue weighted by atomic mass is 19.4. The first-order chi connectivity index (χ1) is 16.8. The molecule has 0 radical (unpaired) electrons. The van der Waals surface area contributed by atoms with Gasteiger partial charge in [0, 0.05) is 5.69 Å². The minimum atomic E-state index is -5.88. The predicted molar refractivity (Wildman–Crippen MR) is 110 cm³/mol. The zero-order valence-corrected chi connectivity index (χ0v) is 17.8. The Morgan fingerprint density at radius 1 is 0.459 bits per heavy atom. The van der Waals surface area contributed by atoms with Crippen LogP contribution in [0.5, 0.6) is 0 Å². The van der Waals surface area contributed by atoms with E-state index < -0.39 is 75.4 Å². The van der Waals surface area contributed by atoms with Gasteiger partial charge in [0.1, 0.15) is 0 Å². The van der Waals surface area contributed by atoms with Crippen LogP contribution in [0.4, 0.5) is 81.1 Å². The molecule has 3 aromatic carbocycles. The van der Waals surface area contributed by atoms with E-state index in [1.54, 1.807) is 0 Å². The highest BCUT2D eigenvalue weighted by Gasteiger charge is 2.50. The van der Waals surface area contributed by atoms with Crippen molar-refractivity contribution in [2.45, 2.75) is 24.7 Å². The number of hydrogen-bond donors (Lipinski definition) is 2. The SMILES string of the molecule is Nc1ccc(C(F)(F)F)c(C(F)(F)F)c1N(c1ccccc1)c1c(N)ccc(C(F)(F)F)c1C(F)(F)F. The smallest absolute Gasteiger partial charge is 0.397 e. The normalized spacial score (nSPS) is 13.1. The van der Waals surface area contributed by atoms with E-state index in [4.69, 9.17) is 11.5 Å². The van der Waals surface area contributed by atoms with E-state index in [-0.39, 0.29) is 17.0 Å². The maximum atomic E-state index is 14.1. The van der Waals surface area contributed by atoms with E-state index in [0.29, 0.717) is 12.1 Å². The molecule has 0 unspecified atom stereocenters. The van der Waals surface area contributed by atoms with Gasteiger partial charge in [-0.1, -0.05) is 18.2 Å². The lowest BCUT2D eigenvalue weighted by atomic mass is 9.97. The number of nitrogens with two attached hydrogens (primary N) is 2. The first-order valence-corrected chi connectivity index (χ1v) is 9.75. The summed E-state index contributed by atoms with van der Waals surface area (Å²) in [6.45, 7) is 0. The van der Waals surface area contributed by atoms with Crippen LogP contribution in [-0.2, 0) is 24.7 Å². The number of hydrogen-bond acceptors (Lipinski definition) is 3. The Morgan fingerprint density at radius 2 is 0.811 bits per heavy atom. The van der Waals surface area contributed by atoms with Gasteiger partial charge in [-0.15, -0.1) is 0 Å². The largest absolute Gasteiger partial charge is 0.419 e. The molecule has 0 aromatic heterocycles. The third-order valence-corrected chi connectivity index (χ3v) is 5.06. The molecule has 3 aromatic rings. The highest BCUT2D eigenvalue weighted by molar-refractivity contribution is 5.93. The molecule has 0 spiro atoms. The second kappa shape index (κ2) is 8.95. The minimum Gasteiger partial charge on any atom is -0.397 e. The Bertz CT molecular complexity index is 1210. The summed E-state index contributed by atoms with van der Waals surface area (Å²) in [5, 5.41) is 0. The zero-order valence-electron chi connectivity index (χ0n) is 17.8. The fourth-order valence-electron chi connectivity index (χ4n) is 3.69. The summed E-state index contributed by atoms with van der Waals surface area (Å²) in [5.41, 5.74) is -4.82. The van der Waals surface area contributed by atoms with Gasteiger partial charge in [-0.3, -0.25) is 0 Å². The number of nitrogens with zero attached hydrogens (tertiary/aromatic N) is 1. The molecule has 0 aliphatic heterocycles. The molecule has 15 heteroatoms. The second-order valence-corrected chi connectivity index (χ2v) is 7.51. The summed E-state index contributed by atoms with van der Waals surface area (Å²) in [5.74, 6) is 0.